The molecule has 0 aromatic carbocycles. The number of carboxylic acids is 1. The summed E-state index contributed by atoms with van der Waals surface area (Å²) in [6.07, 6.45) is 2.23. The molecule has 104 valence electrons. The number of carboxylic acid groups (broad SMARTS) is 1. The highest BCUT2D eigenvalue weighted by Crippen LogP contribution is 2.31. The monoisotopic (exact) mass is 257 g/mol. The largest absolute Gasteiger partial charge is 0.481 e. The van der Waals surface area contributed by atoms with Crippen LogP contribution in [0.1, 0.15) is 46.5 Å². The van der Waals surface area contributed by atoms with Gasteiger partial charge in [0.2, 0.25) is 5.91 Å². The number of aliphatic carboxylic acids is 1. The lowest BCUT2D eigenvalue weighted by atomic mass is 9.78. The van der Waals surface area contributed by atoms with Gasteiger partial charge in [-0.1, -0.05) is 12.8 Å². The Morgan fingerprint density at radius 3 is 2.17 bits per heavy atom. The maximum Gasteiger partial charge on any atom is 0.307 e. The lowest BCUT2D eigenvalue weighted by molar-refractivity contribution is -0.149. The molecule has 0 radical (unpaired) electrons. The minimum atomic E-state index is -0.898. The van der Waals surface area contributed by atoms with Crippen LogP contribution in [0.15, 0.2) is 0 Å². The molecule has 0 aromatic rings. The van der Waals surface area contributed by atoms with Gasteiger partial charge in [0.1, 0.15) is 0 Å². The molecule has 3 N–H and O–H groups in total. The van der Waals surface area contributed by atoms with E-state index in [9.17, 15) is 14.7 Å². The molecule has 1 unspecified atom stereocenters. The lowest BCUT2D eigenvalue weighted by Gasteiger charge is -2.34. The Bertz CT molecular complexity index is 325. The van der Waals surface area contributed by atoms with Gasteiger partial charge >= 0.3 is 5.97 Å². The summed E-state index contributed by atoms with van der Waals surface area (Å²) in [6, 6.07) is 0. The molecule has 1 aliphatic rings. The van der Waals surface area contributed by atoms with Crippen molar-refractivity contribution in [2.24, 2.45) is 11.8 Å². The zero-order valence-electron chi connectivity index (χ0n) is 11.3. The van der Waals surface area contributed by atoms with Gasteiger partial charge in [0.25, 0.3) is 0 Å². The maximum atomic E-state index is 12.1. The van der Waals surface area contributed by atoms with E-state index in [-0.39, 0.29) is 5.91 Å². The average molecular weight is 257 g/mol. The number of nitrogens with one attached hydrogen (secondary N) is 1. The number of carbonyl (C=O) groups is 2. The maximum absolute atomic E-state index is 12.1. The second kappa shape index (κ2) is 5.69. The van der Waals surface area contributed by atoms with Crippen LogP contribution in [0.4, 0.5) is 0 Å². The summed E-state index contributed by atoms with van der Waals surface area (Å²) in [4.78, 5) is 23.3. The van der Waals surface area contributed by atoms with Crippen LogP contribution in [-0.4, -0.2) is 33.7 Å². The first-order valence-electron chi connectivity index (χ1n) is 6.48. The van der Waals surface area contributed by atoms with Crippen molar-refractivity contribution in [3.05, 3.63) is 0 Å². The first-order chi connectivity index (χ1) is 8.25. The van der Waals surface area contributed by atoms with Gasteiger partial charge in [0.05, 0.1) is 23.5 Å². The molecule has 0 bridgehead atoms. The van der Waals surface area contributed by atoms with E-state index in [4.69, 9.17) is 5.11 Å². The number of aliphatic hydroxyl groups is 1. The van der Waals surface area contributed by atoms with E-state index >= 15 is 0 Å². The summed E-state index contributed by atoms with van der Waals surface area (Å²) in [7, 11) is 0. The Kier molecular flexibility index (Phi) is 4.73. The smallest absolute Gasteiger partial charge is 0.307 e. The Hall–Kier alpha value is -1.10. The van der Waals surface area contributed by atoms with Gasteiger partial charge in [-0.2, -0.15) is 0 Å². The summed E-state index contributed by atoms with van der Waals surface area (Å²) >= 11 is 0. The van der Waals surface area contributed by atoms with Gasteiger partial charge < -0.3 is 15.5 Å². The quantitative estimate of drug-likeness (QED) is 0.705. The van der Waals surface area contributed by atoms with E-state index in [0.29, 0.717) is 12.8 Å². The van der Waals surface area contributed by atoms with Crippen LogP contribution in [0, 0.1) is 11.8 Å². The fourth-order valence-electron chi connectivity index (χ4n) is 2.25. The number of amides is 1. The highest BCUT2D eigenvalue weighted by molar-refractivity contribution is 5.85. The summed E-state index contributed by atoms with van der Waals surface area (Å²) in [6.45, 7) is 5.07. The van der Waals surface area contributed by atoms with E-state index in [2.05, 4.69) is 5.32 Å². The molecule has 5 nitrogen and oxygen atoms in total. The molecule has 0 aliphatic heterocycles. The third kappa shape index (κ3) is 3.45. The van der Waals surface area contributed by atoms with Crippen molar-refractivity contribution >= 4 is 11.9 Å². The van der Waals surface area contributed by atoms with Gasteiger partial charge in [0.15, 0.2) is 0 Å². The highest BCUT2D eigenvalue weighted by Gasteiger charge is 2.38. The first-order valence-corrected chi connectivity index (χ1v) is 6.48. The van der Waals surface area contributed by atoms with Crippen molar-refractivity contribution in [1.29, 1.82) is 0 Å². The van der Waals surface area contributed by atoms with Crippen LogP contribution in [0.5, 0.6) is 0 Å². The first kappa shape index (κ1) is 15.0. The van der Waals surface area contributed by atoms with Crippen molar-refractivity contribution in [3.8, 4) is 0 Å². The van der Waals surface area contributed by atoms with Gasteiger partial charge in [-0.25, -0.2) is 0 Å². The standard InChI is InChI=1S/C13H23NO4/c1-8(15)13(2,3)14-11(16)9-6-4-5-7-10(9)12(17)18/h8-10,15H,4-7H2,1-3H3,(H,14,16)(H,17,18)/t8?,9-,10+/m1/s1. The third-order valence-corrected chi connectivity index (χ3v) is 3.91. The van der Waals surface area contributed by atoms with E-state index in [1.165, 1.54) is 0 Å². The molecule has 5 heteroatoms. The highest BCUT2D eigenvalue weighted by atomic mass is 16.4. The molecule has 18 heavy (non-hydrogen) atoms. The van der Waals surface area contributed by atoms with Crippen LogP contribution in [-0.2, 0) is 9.59 Å². The second-order valence-corrected chi connectivity index (χ2v) is 5.72. The molecule has 1 saturated carbocycles. The minimum Gasteiger partial charge on any atom is -0.481 e. The zero-order chi connectivity index (χ0) is 13.9. The molecule has 0 saturated heterocycles. The minimum absolute atomic E-state index is 0.256. The molecule has 1 rings (SSSR count). The van der Waals surface area contributed by atoms with Crippen LogP contribution >= 0.6 is 0 Å². The fourth-order valence-corrected chi connectivity index (χ4v) is 2.25. The normalized spacial score (nSPS) is 26.4. The molecule has 1 aliphatic carbocycles. The topological polar surface area (TPSA) is 86.6 Å². The number of hydrogen-bond donors (Lipinski definition) is 3. The molecule has 0 aromatic heterocycles. The Labute approximate surface area is 108 Å². The molecular formula is C13H23NO4. The van der Waals surface area contributed by atoms with Gasteiger partial charge in [-0.3, -0.25) is 9.59 Å². The Morgan fingerprint density at radius 2 is 1.72 bits per heavy atom. The SMILES string of the molecule is CC(O)C(C)(C)NC(=O)[C@@H]1CCCC[C@@H]1C(=O)O. The third-order valence-electron chi connectivity index (χ3n) is 3.91. The van der Waals surface area contributed by atoms with Crippen molar-refractivity contribution in [2.45, 2.75) is 58.1 Å². The van der Waals surface area contributed by atoms with E-state index in [0.717, 1.165) is 12.8 Å². The van der Waals surface area contributed by atoms with Crippen LogP contribution in [0.25, 0.3) is 0 Å². The van der Waals surface area contributed by atoms with Crippen molar-refractivity contribution in [2.75, 3.05) is 0 Å². The summed E-state index contributed by atoms with van der Waals surface area (Å²) in [5, 5.41) is 21.5. The Morgan fingerprint density at radius 1 is 1.22 bits per heavy atom. The number of hydrogen-bond acceptors (Lipinski definition) is 3. The van der Waals surface area contributed by atoms with Gasteiger partial charge in [0, 0.05) is 0 Å². The van der Waals surface area contributed by atoms with E-state index < -0.39 is 29.4 Å². The van der Waals surface area contributed by atoms with Crippen molar-refractivity contribution in [3.63, 3.8) is 0 Å². The van der Waals surface area contributed by atoms with Crippen molar-refractivity contribution < 1.29 is 19.8 Å². The zero-order valence-corrected chi connectivity index (χ0v) is 11.3. The van der Waals surface area contributed by atoms with Gasteiger partial charge in [-0.15, -0.1) is 0 Å². The average Bonchev–Trinajstić information content (AvgIpc) is 2.28. The van der Waals surface area contributed by atoms with E-state index in [1.807, 2.05) is 0 Å². The molecule has 1 fully saturated rings. The Balaban J connectivity index is 2.72. The second-order valence-electron chi connectivity index (χ2n) is 5.72. The predicted octanol–water partition coefficient (Wildman–Crippen LogP) is 1.15. The number of aliphatic hydroxyl groups excluding tert-OH is 1. The lowest BCUT2D eigenvalue weighted by Crippen LogP contribution is -2.54. The molecule has 3 atom stereocenters. The summed E-state index contributed by atoms with van der Waals surface area (Å²) < 4.78 is 0. The van der Waals surface area contributed by atoms with Crippen LogP contribution in [0.3, 0.4) is 0 Å². The molecule has 0 spiro atoms. The van der Waals surface area contributed by atoms with Gasteiger partial charge in [-0.05, 0) is 33.6 Å². The van der Waals surface area contributed by atoms with Crippen LogP contribution in [0.2, 0.25) is 0 Å². The van der Waals surface area contributed by atoms with Crippen molar-refractivity contribution in [1.82, 2.24) is 5.32 Å². The molecular weight excluding hydrogens is 234 g/mol. The van der Waals surface area contributed by atoms with Crippen LogP contribution < -0.4 is 5.32 Å². The fraction of sp³-hybridized carbons (Fsp3) is 0.846. The molecule has 0 heterocycles. The number of carbonyl (C=O) groups excluding carboxylic acids is 1. The molecule has 1 amide bonds. The van der Waals surface area contributed by atoms with E-state index in [1.54, 1.807) is 20.8 Å². The number of rotatable bonds is 4. The summed E-state index contributed by atoms with van der Waals surface area (Å²) in [5.74, 6) is -2.23. The summed E-state index contributed by atoms with van der Waals surface area (Å²) in [5.41, 5.74) is -0.739. The predicted molar refractivity (Wildman–Crippen MR) is 67.0 cm³/mol.